The van der Waals surface area contributed by atoms with E-state index in [4.69, 9.17) is 21.1 Å². The highest BCUT2D eigenvalue weighted by Gasteiger charge is 2.14. The molecule has 0 aromatic heterocycles. The van der Waals surface area contributed by atoms with Crippen LogP contribution >= 0.6 is 11.6 Å². The van der Waals surface area contributed by atoms with Gasteiger partial charge >= 0.3 is 0 Å². The molecule has 0 aliphatic heterocycles. The summed E-state index contributed by atoms with van der Waals surface area (Å²) in [7, 11) is 0. The zero-order valence-electron chi connectivity index (χ0n) is 18.4. The van der Waals surface area contributed by atoms with Gasteiger partial charge in [0.25, 0.3) is 0 Å². The lowest BCUT2D eigenvalue weighted by atomic mass is 9.86. The van der Waals surface area contributed by atoms with E-state index < -0.39 is 0 Å². The SMILES string of the molecule is CCCCCCCCOCOCCCC(C)CC(C)CC(C)CC(C)Cl. The Morgan fingerprint density at radius 2 is 1.19 bits per heavy atom. The summed E-state index contributed by atoms with van der Waals surface area (Å²) in [5.41, 5.74) is 0. The summed E-state index contributed by atoms with van der Waals surface area (Å²) >= 11 is 6.10. The molecule has 0 aliphatic rings. The average molecular weight is 391 g/mol. The Bertz CT molecular complexity index is 283. The van der Waals surface area contributed by atoms with Crippen molar-refractivity contribution in [3.8, 4) is 0 Å². The zero-order valence-corrected chi connectivity index (χ0v) is 19.2. The third-order valence-electron chi connectivity index (χ3n) is 5.13. The molecule has 0 heterocycles. The summed E-state index contributed by atoms with van der Waals surface area (Å²) in [6.07, 6.45) is 14.0. The minimum absolute atomic E-state index is 0.301. The van der Waals surface area contributed by atoms with Gasteiger partial charge in [-0.25, -0.2) is 0 Å². The van der Waals surface area contributed by atoms with E-state index in [2.05, 4.69) is 34.6 Å². The molecule has 158 valence electrons. The van der Waals surface area contributed by atoms with E-state index in [0.29, 0.717) is 12.2 Å². The molecule has 0 aromatic rings. The van der Waals surface area contributed by atoms with Crippen molar-refractivity contribution in [1.29, 1.82) is 0 Å². The van der Waals surface area contributed by atoms with Gasteiger partial charge in [-0.15, -0.1) is 11.6 Å². The highest BCUT2D eigenvalue weighted by Crippen LogP contribution is 2.25. The van der Waals surface area contributed by atoms with Crippen molar-refractivity contribution in [2.75, 3.05) is 20.0 Å². The predicted molar refractivity (Wildman–Crippen MR) is 116 cm³/mol. The second kappa shape index (κ2) is 18.6. The first-order valence-corrected chi connectivity index (χ1v) is 11.7. The molecule has 4 unspecified atom stereocenters. The van der Waals surface area contributed by atoms with E-state index in [1.807, 2.05) is 0 Å². The number of hydrogen-bond donors (Lipinski definition) is 0. The monoisotopic (exact) mass is 390 g/mol. The van der Waals surface area contributed by atoms with Crippen LogP contribution in [0.25, 0.3) is 0 Å². The number of halogens is 1. The third kappa shape index (κ3) is 19.0. The topological polar surface area (TPSA) is 18.5 Å². The first kappa shape index (κ1) is 26.2. The van der Waals surface area contributed by atoms with Crippen LogP contribution in [0.1, 0.15) is 105 Å². The van der Waals surface area contributed by atoms with Crippen molar-refractivity contribution in [3.63, 3.8) is 0 Å². The number of hydrogen-bond acceptors (Lipinski definition) is 2. The average Bonchev–Trinajstić information content (AvgIpc) is 2.54. The van der Waals surface area contributed by atoms with Gasteiger partial charge in [-0.1, -0.05) is 59.8 Å². The number of unbranched alkanes of at least 4 members (excludes halogenated alkanes) is 5. The lowest BCUT2D eigenvalue weighted by molar-refractivity contribution is -0.0561. The summed E-state index contributed by atoms with van der Waals surface area (Å²) in [4.78, 5) is 0. The lowest BCUT2D eigenvalue weighted by Crippen LogP contribution is -2.11. The van der Waals surface area contributed by atoms with Gasteiger partial charge in [-0.3, -0.25) is 0 Å². The smallest absolute Gasteiger partial charge is 0.146 e. The van der Waals surface area contributed by atoms with Crippen LogP contribution in [0, 0.1) is 17.8 Å². The minimum atomic E-state index is 0.301. The largest absolute Gasteiger partial charge is 0.355 e. The summed E-state index contributed by atoms with van der Waals surface area (Å²) in [6, 6.07) is 0. The van der Waals surface area contributed by atoms with Crippen LogP contribution in [-0.4, -0.2) is 25.4 Å². The van der Waals surface area contributed by atoms with E-state index in [9.17, 15) is 0 Å². The molecule has 3 heteroatoms. The Morgan fingerprint density at radius 3 is 1.85 bits per heavy atom. The first-order chi connectivity index (χ1) is 12.5. The van der Waals surface area contributed by atoms with Crippen LogP contribution in [0.4, 0.5) is 0 Å². The normalized spacial score (nSPS) is 16.4. The minimum Gasteiger partial charge on any atom is -0.355 e. The van der Waals surface area contributed by atoms with E-state index in [1.165, 1.54) is 57.8 Å². The quantitative estimate of drug-likeness (QED) is 0.127. The van der Waals surface area contributed by atoms with Crippen molar-refractivity contribution < 1.29 is 9.47 Å². The molecule has 0 rings (SSSR count). The van der Waals surface area contributed by atoms with E-state index >= 15 is 0 Å². The standard InChI is InChI=1S/C23H47ClO2/c1-6-7-8-9-10-11-14-25-19-26-15-12-13-20(2)16-21(3)17-22(4)18-23(5)24/h20-23H,6-19H2,1-5H3. The first-order valence-electron chi connectivity index (χ1n) is 11.2. The molecule has 4 atom stereocenters. The van der Waals surface area contributed by atoms with Gasteiger partial charge in [-0.05, 0) is 63.2 Å². The molecule has 0 fully saturated rings. The molecule has 0 spiro atoms. The van der Waals surface area contributed by atoms with Crippen molar-refractivity contribution >= 4 is 11.6 Å². The van der Waals surface area contributed by atoms with Gasteiger partial charge in [0.15, 0.2) is 0 Å². The van der Waals surface area contributed by atoms with E-state index in [-0.39, 0.29) is 0 Å². The molecule has 0 aromatic carbocycles. The molecule has 0 aliphatic carbocycles. The number of rotatable bonds is 19. The Morgan fingerprint density at radius 1 is 0.654 bits per heavy atom. The summed E-state index contributed by atoms with van der Waals surface area (Å²) in [6.45, 7) is 13.6. The van der Waals surface area contributed by atoms with Crippen molar-refractivity contribution in [1.82, 2.24) is 0 Å². The molecule has 2 nitrogen and oxygen atoms in total. The maximum absolute atomic E-state index is 6.10. The maximum Gasteiger partial charge on any atom is 0.146 e. The van der Waals surface area contributed by atoms with E-state index in [1.54, 1.807) is 0 Å². The molecule has 0 saturated heterocycles. The molecule has 0 N–H and O–H groups in total. The predicted octanol–water partition coefficient (Wildman–Crippen LogP) is 7.82. The van der Waals surface area contributed by atoms with Crippen molar-refractivity contribution in [2.24, 2.45) is 17.8 Å². The molecule has 26 heavy (non-hydrogen) atoms. The fraction of sp³-hybridized carbons (Fsp3) is 1.00. The maximum atomic E-state index is 6.10. The van der Waals surface area contributed by atoms with Gasteiger partial charge in [0.05, 0.1) is 0 Å². The van der Waals surface area contributed by atoms with Crippen molar-refractivity contribution in [3.05, 3.63) is 0 Å². The van der Waals surface area contributed by atoms with Crippen LogP contribution in [0.15, 0.2) is 0 Å². The molecule has 0 radical (unpaired) electrons. The Kier molecular flexibility index (Phi) is 18.7. The summed E-state index contributed by atoms with van der Waals surface area (Å²) < 4.78 is 11.2. The Hall–Kier alpha value is 0.210. The molecule has 0 bridgehead atoms. The zero-order chi connectivity index (χ0) is 19.6. The van der Waals surface area contributed by atoms with Crippen LogP contribution in [0.5, 0.6) is 0 Å². The van der Waals surface area contributed by atoms with Gasteiger partial charge in [0, 0.05) is 18.6 Å². The second-order valence-corrected chi connectivity index (χ2v) is 9.39. The van der Waals surface area contributed by atoms with Crippen LogP contribution in [-0.2, 0) is 9.47 Å². The summed E-state index contributed by atoms with van der Waals surface area (Å²) in [5, 5.41) is 0.301. The summed E-state index contributed by atoms with van der Waals surface area (Å²) in [5.74, 6) is 2.30. The van der Waals surface area contributed by atoms with Gasteiger partial charge in [-0.2, -0.15) is 0 Å². The second-order valence-electron chi connectivity index (χ2n) is 8.65. The van der Waals surface area contributed by atoms with Gasteiger partial charge in [0.2, 0.25) is 0 Å². The van der Waals surface area contributed by atoms with Crippen LogP contribution < -0.4 is 0 Å². The Balaban J connectivity index is 3.39. The molecular weight excluding hydrogens is 344 g/mol. The fourth-order valence-corrected chi connectivity index (χ4v) is 4.24. The fourth-order valence-electron chi connectivity index (χ4n) is 3.93. The lowest BCUT2D eigenvalue weighted by Gasteiger charge is -2.21. The van der Waals surface area contributed by atoms with Crippen LogP contribution in [0.3, 0.4) is 0 Å². The Labute approximate surface area is 169 Å². The number of alkyl halides is 1. The van der Waals surface area contributed by atoms with Gasteiger partial charge in [0.1, 0.15) is 6.79 Å². The van der Waals surface area contributed by atoms with Crippen LogP contribution in [0.2, 0.25) is 0 Å². The highest BCUT2D eigenvalue weighted by atomic mass is 35.5. The highest BCUT2D eigenvalue weighted by molar-refractivity contribution is 6.20. The number of ether oxygens (including phenoxy) is 2. The molecule has 0 saturated carbocycles. The van der Waals surface area contributed by atoms with Gasteiger partial charge < -0.3 is 9.47 Å². The van der Waals surface area contributed by atoms with Crippen molar-refractivity contribution in [2.45, 2.75) is 111 Å². The molecular formula is C23H47ClO2. The van der Waals surface area contributed by atoms with E-state index in [0.717, 1.165) is 43.8 Å². The third-order valence-corrected chi connectivity index (χ3v) is 5.31. The molecule has 0 amide bonds.